The fraction of sp³-hybridized carbons (Fsp3) is 0.0526. The molecule has 6 heteroatoms. The van der Waals surface area contributed by atoms with E-state index in [-0.39, 0.29) is 5.82 Å². The molecule has 0 saturated carbocycles. The quantitative estimate of drug-likeness (QED) is 0.442. The summed E-state index contributed by atoms with van der Waals surface area (Å²) in [7, 11) is 0. The molecule has 0 unspecified atom stereocenters. The number of aromatic amines is 1. The second kappa shape index (κ2) is 6.46. The van der Waals surface area contributed by atoms with E-state index in [2.05, 4.69) is 21.1 Å². The normalized spacial score (nSPS) is 10.9. The summed E-state index contributed by atoms with van der Waals surface area (Å²) in [4.78, 5) is 3.25. The van der Waals surface area contributed by atoms with Crippen LogP contribution in [0, 0.1) is 18.2 Å². The number of thioether (sulfide) groups is 1. The van der Waals surface area contributed by atoms with Gasteiger partial charge in [-0.05, 0) is 30.3 Å². The zero-order valence-electron chi connectivity index (χ0n) is 13.1. The van der Waals surface area contributed by atoms with Gasteiger partial charge in [-0.15, -0.1) is 16.6 Å². The van der Waals surface area contributed by atoms with Crippen molar-refractivity contribution in [3.8, 4) is 29.4 Å². The van der Waals surface area contributed by atoms with Crippen LogP contribution in [-0.4, -0.2) is 25.5 Å². The maximum absolute atomic E-state index is 13.3. The maximum atomic E-state index is 13.3. The maximum Gasteiger partial charge on any atom is 0.197 e. The molecule has 2 heterocycles. The van der Waals surface area contributed by atoms with Crippen LogP contribution in [-0.2, 0) is 0 Å². The van der Waals surface area contributed by atoms with Crippen LogP contribution in [0.1, 0.15) is 0 Å². The highest BCUT2D eigenvalue weighted by Gasteiger charge is 2.18. The Bertz CT molecular complexity index is 1070. The van der Waals surface area contributed by atoms with Gasteiger partial charge in [0.2, 0.25) is 0 Å². The van der Waals surface area contributed by atoms with Crippen LogP contribution in [0.5, 0.6) is 0 Å². The molecule has 0 amide bonds. The third-order valence-corrected chi connectivity index (χ3v) is 4.67. The molecule has 0 saturated heterocycles. The Morgan fingerprint density at radius 1 is 1.12 bits per heavy atom. The molecule has 4 rings (SSSR count). The highest BCUT2D eigenvalue weighted by Crippen LogP contribution is 2.32. The van der Waals surface area contributed by atoms with Gasteiger partial charge >= 0.3 is 0 Å². The molecule has 1 N–H and O–H groups in total. The zero-order chi connectivity index (χ0) is 17.2. The SMILES string of the molecule is C#CCSc1nnc(-c2c[nH]c3ccccc23)n1-c1ccc(F)cc1. The third kappa shape index (κ3) is 2.79. The number of rotatable bonds is 4. The summed E-state index contributed by atoms with van der Waals surface area (Å²) in [5.74, 6) is 3.47. The number of para-hydroxylation sites is 1. The smallest absolute Gasteiger partial charge is 0.197 e. The fourth-order valence-electron chi connectivity index (χ4n) is 2.72. The number of aromatic nitrogens is 4. The molecule has 0 spiro atoms. The Morgan fingerprint density at radius 3 is 2.72 bits per heavy atom. The summed E-state index contributed by atoms with van der Waals surface area (Å²) in [6, 6.07) is 14.2. The molecule has 0 aliphatic rings. The van der Waals surface area contributed by atoms with Crippen LogP contribution in [0.25, 0.3) is 28.0 Å². The topological polar surface area (TPSA) is 46.5 Å². The molecule has 122 valence electrons. The molecular weight excluding hydrogens is 335 g/mol. The molecule has 2 aromatic heterocycles. The van der Waals surface area contributed by atoms with E-state index in [0.29, 0.717) is 16.7 Å². The number of terminal acetylenes is 1. The first-order valence-electron chi connectivity index (χ1n) is 7.62. The Balaban J connectivity index is 1.92. The first-order chi connectivity index (χ1) is 12.3. The lowest BCUT2D eigenvalue weighted by atomic mass is 10.1. The summed E-state index contributed by atoms with van der Waals surface area (Å²) in [5, 5.41) is 10.4. The molecule has 0 aliphatic carbocycles. The molecule has 0 radical (unpaired) electrons. The van der Waals surface area contributed by atoms with E-state index in [9.17, 15) is 4.39 Å². The van der Waals surface area contributed by atoms with Crippen LogP contribution in [0.2, 0.25) is 0 Å². The van der Waals surface area contributed by atoms with Crippen molar-refractivity contribution >= 4 is 22.7 Å². The first kappa shape index (κ1) is 15.5. The number of hydrogen-bond donors (Lipinski definition) is 1. The van der Waals surface area contributed by atoms with Crippen molar-refractivity contribution in [3.05, 3.63) is 60.5 Å². The standard InChI is InChI=1S/C19H13FN4S/c1-2-11-25-19-23-22-18(24(19)14-9-7-13(20)8-10-14)16-12-21-17-6-4-3-5-15(16)17/h1,3-10,12,21H,11H2. The van der Waals surface area contributed by atoms with E-state index in [0.717, 1.165) is 22.2 Å². The Morgan fingerprint density at radius 2 is 1.92 bits per heavy atom. The van der Waals surface area contributed by atoms with Gasteiger partial charge in [-0.3, -0.25) is 4.57 Å². The summed E-state index contributed by atoms with van der Waals surface area (Å²) in [6.07, 6.45) is 7.28. The van der Waals surface area contributed by atoms with Gasteiger partial charge < -0.3 is 4.98 Å². The highest BCUT2D eigenvalue weighted by atomic mass is 32.2. The van der Waals surface area contributed by atoms with Crippen LogP contribution in [0.3, 0.4) is 0 Å². The van der Waals surface area contributed by atoms with Gasteiger partial charge in [0.25, 0.3) is 0 Å². The van der Waals surface area contributed by atoms with E-state index < -0.39 is 0 Å². The van der Waals surface area contributed by atoms with Crippen molar-refractivity contribution in [2.75, 3.05) is 5.75 Å². The molecular formula is C19H13FN4S. The summed E-state index contributed by atoms with van der Waals surface area (Å²) >= 11 is 1.42. The monoisotopic (exact) mass is 348 g/mol. The average molecular weight is 348 g/mol. The Kier molecular flexibility index (Phi) is 4.00. The molecule has 2 aromatic carbocycles. The largest absolute Gasteiger partial charge is 0.360 e. The minimum Gasteiger partial charge on any atom is -0.360 e. The molecule has 4 aromatic rings. The van der Waals surface area contributed by atoms with E-state index in [1.54, 1.807) is 12.1 Å². The second-order valence-electron chi connectivity index (χ2n) is 5.36. The average Bonchev–Trinajstić information content (AvgIpc) is 3.24. The third-order valence-electron chi connectivity index (χ3n) is 3.83. The lowest BCUT2D eigenvalue weighted by Gasteiger charge is -2.09. The van der Waals surface area contributed by atoms with Crippen LogP contribution in [0.15, 0.2) is 59.9 Å². The van der Waals surface area contributed by atoms with Crippen molar-refractivity contribution < 1.29 is 4.39 Å². The summed E-state index contributed by atoms with van der Waals surface area (Å²) < 4.78 is 15.2. The molecule has 0 aliphatic heterocycles. The predicted molar refractivity (Wildman–Crippen MR) is 98.2 cm³/mol. The van der Waals surface area contributed by atoms with Crippen molar-refractivity contribution in [1.82, 2.24) is 19.7 Å². The first-order valence-corrected chi connectivity index (χ1v) is 8.60. The van der Waals surface area contributed by atoms with Gasteiger partial charge in [-0.1, -0.05) is 35.9 Å². The summed E-state index contributed by atoms with van der Waals surface area (Å²) in [5.41, 5.74) is 2.73. The van der Waals surface area contributed by atoms with Gasteiger partial charge in [0, 0.05) is 28.4 Å². The molecule has 4 nitrogen and oxygen atoms in total. The highest BCUT2D eigenvalue weighted by molar-refractivity contribution is 7.99. The number of halogens is 1. The van der Waals surface area contributed by atoms with Gasteiger partial charge in [-0.25, -0.2) is 4.39 Å². The summed E-state index contributed by atoms with van der Waals surface area (Å²) in [6.45, 7) is 0. The van der Waals surface area contributed by atoms with Gasteiger partial charge in [0.15, 0.2) is 11.0 Å². The van der Waals surface area contributed by atoms with Crippen molar-refractivity contribution in [2.45, 2.75) is 5.16 Å². The number of hydrogen-bond acceptors (Lipinski definition) is 3. The molecule has 0 bridgehead atoms. The molecule has 0 atom stereocenters. The Labute approximate surface area is 148 Å². The van der Waals surface area contributed by atoms with Crippen LogP contribution >= 0.6 is 11.8 Å². The fourth-order valence-corrected chi connectivity index (χ4v) is 3.36. The number of fused-ring (bicyclic) bond motifs is 1. The van der Waals surface area contributed by atoms with Gasteiger partial charge in [0.1, 0.15) is 5.82 Å². The lowest BCUT2D eigenvalue weighted by Crippen LogP contribution is -1.99. The van der Waals surface area contributed by atoms with Gasteiger partial charge in [0.05, 0.1) is 5.75 Å². The van der Waals surface area contributed by atoms with E-state index in [1.165, 1.54) is 23.9 Å². The van der Waals surface area contributed by atoms with Crippen LogP contribution < -0.4 is 0 Å². The minimum atomic E-state index is -0.289. The van der Waals surface area contributed by atoms with E-state index in [4.69, 9.17) is 6.42 Å². The number of nitrogens with one attached hydrogen (secondary N) is 1. The molecule has 25 heavy (non-hydrogen) atoms. The van der Waals surface area contributed by atoms with Crippen molar-refractivity contribution in [2.24, 2.45) is 0 Å². The molecule has 0 fully saturated rings. The van der Waals surface area contributed by atoms with E-state index >= 15 is 0 Å². The van der Waals surface area contributed by atoms with E-state index in [1.807, 2.05) is 35.0 Å². The lowest BCUT2D eigenvalue weighted by molar-refractivity contribution is 0.627. The number of benzene rings is 2. The number of H-pyrrole nitrogens is 1. The second-order valence-corrected chi connectivity index (χ2v) is 6.30. The van der Waals surface area contributed by atoms with Crippen molar-refractivity contribution in [3.63, 3.8) is 0 Å². The zero-order valence-corrected chi connectivity index (χ0v) is 13.9. The number of nitrogens with zero attached hydrogens (tertiary/aromatic N) is 3. The predicted octanol–water partition coefficient (Wildman–Crippen LogP) is 4.28. The van der Waals surface area contributed by atoms with Gasteiger partial charge in [-0.2, -0.15) is 0 Å². The van der Waals surface area contributed by atoms with Crippen LogP contribution in [0.4, 0.5) is 4.39 Å². The Hall–Kier alpha value is -3.04. The minimum absolute atomic E-state index is 0.289. The van der Waals surface area contributed by atoms with Crippen molar-refractivity contribution in [1.29, 1.82) is 0 Å².